The normalized spacial score (nSPS) is 19.3. The first-order valence-electron chi connectivity index (χ1n) is 6.32. The third-order valence-corrected chi connectivity index (χ3v) is 4.44. The third kappa shape index (κ3) is 3.78. The summed E-state index contributed by atoms with van der Waals surface area (Å²) in [6.45, 7) is 1.28. The van der Waals surface area contributed by atoms with Crippen molar-refractivity contribution in [1.82, 2.24) is 14.5 Å². The third-order valence-electron chi connectivity index (χ3n) is 3.03. The van der Waals surface area contributed by atoms with E-state index in [4.69, 9.17) is 9.84 Å². The van der Waals surface area contributed by atoms with Crippen LogP contribution in [0.25, 0.3) is 0 Å². The van der Waals surface area contributed by atoms with Crippen LogP contribution in [0.4, 0.5) is 0 Å². The number of nitrogens with one attached hydrogen (secondary N) is 1. The van der Waals surface area contributed by atoms with Crippen LogP contribution in [0.2, 0.25) is 0 Å². The quantitative estimate of drug-likeness (QED) is 0.685. The molecule has 1 unspecified atom stereocenters. The number of carboxylic acid groups (broad SMARTS) is 1. The highest BCUT2D eigenvalue weighted by Gasteiger charge is 2.22. The molecule has 1 aliphatic heterocycles. The smallest absolute Gasteiger partial charge is 0.303 e. The molecule has 0 saturated carbocycles. The lowest BCUT2D eigenvalue weighted by Gasteiger charge is -2.07. The van der Waals surface area contributed by atoms with Crippen molar-refractivity contribution in [2.45, 2.75) is 30.2 Å². The van der Waals surface area contributed by atoms with E-state index in [0.29, 0.717) is 13.2 Å². The van der Waals surface area contributed by atoms with E-state index in [-0.39, 0.29) is 30.3 Å². The van der Waals surface area contributed by atoms with Crippen molar-refractivity contribution in [3.8, 4) is 0 Å². The molecule has 1 atom stereocenters. The molecule has 0 radical (unpaired) electrons. The van der Waals surface area contributed by atoms with Crippen LogP contribution in [0, 0.1) is 0 Å². The van der Waals surface area contributed by atoms with Crippen molar-refractivity contribution < 1.29 is 23.1 Å². The average Bonchev–Trinajstić information content (AvgIpc) is 3.03. The van der Waals surface area contributed by atoms with E-state index in [2.05, 4.69) is 9.82 Å². The first-order chi connectivity index (χ1) is 9.49. The molecule has 1 saturated heterocycles. The van der Waals surface area contributed by atoms with Gasteiger partial charge in [-0.1, -0.05) is 0 Å². The molecular weight excluding hydrogens is 286 g/mol. The first kappa shape index (κ1) is 14.9. The Morgan fingerprint density at radius 2 is 2.40 bits per heavy atom. The molecule has 112 valence electrons. The van der Waals surface area contributed by atoms with Crippen LogP contribution >= 0.6 is 0 Å². The van der Waals surface area contributed by atoms with E-state index in [9.17, 15) is 13.2 Å². The largest absolute Gasteiger partial charge is 0.481 e. The number of ether oxygens (including phenoxy) is 1. The van der Waals surface area contributed by atoms with Gasteiger partial charge in [0.15, 0.2) is 0 Å². The topological polar surface area (TPSA) is 111 Å². The molecular formula is C11H17N3O5S. The van der Waals surface area contributed by atoms with Crippen molar-refractivity contribution in [3.63, 3.8) is 0 Å². The number of aliphatic carboxylic acids is 1. The average molecular weight is 303 g/mol. The molecule has 1 aromatic heterocycles. The molecule has 2 heterocycles. The van der Waals surface area contributed by atoms with Gasteiger partial charge in [0.05, 0.1) is 18.8 Å². The van der Waals surface area contributed by atoms with Gasteiger partial charge in [-0.05, 0) is 12.8 Å². The summed E-state index contributed by atoms with van der Waals surface area (Å²) in [7, 11) is -3.63. The lowest BCUT2D eigenvalue weighted by molar-refractivity contribution is -0.137. The van der Waals surface area contributed by atoms with E-state index in [1.165, 1.54) is 12.4 Å². The van der Waals surface area contributed by atoms with E-state index < -0.39 is 16.0 Å². The zero-order valence-corrected chi connectivity index (χ0v) is 11.7. The Morgan fingerprint density at radius 3 is 3.05 bits per heavy atom. The fourth-order valence-electron chi connectivity index (χ4n) is 1.92. The predicted octanol–water partition coefficient (Wildman–Crippen LogP) is -0.0124. The standard InChI is InChI=1S/C11H17N3O5S/c15-11(16)2-1-4-13-20(17,18)10-6-12-14(7-10)9-3-5-19-8-9/h6-7,9,13H,1-5,8H2,(H,15,16). The van der Waals surface area contributed by atoms with E-state index in [1.807, 2.05) is 0 Å². The summed E-state index contributed by atoms with van der Waals surface area (Å²) in [5.74, 6) is -0.946. The second-order valence-corrected chi connectivity index (χ2v) is 6.34. The van der Waals surface area contributed by atoms with Gasteiger partial charge in [0.25, 0.3) is 0 Å². The summed E-state index contributed by atoms with van der Waals surface area (Å²) >= 11 is 0. The summed E-state index contributed by atoms with van der Waals surface area (Å²) in [5, 5.41) is 12.5. The molecule has 1 aliphatic rings. The predicted molar refractivity (Wildman–Crippen MR) is 68.8 cm³/mol. The van der Waals surface area contributed by atoms with Crippen molar-refractivity contribution in [1.29, 1.82) is 0 Å². The molecule has 2 rings (SSSR count). The maximum Gasteiger partial charge on any atom is 0.303 e. The molecule has 0 aromatic carbocycles. The number of hydrogen-bond donors (Lipinski definition) is 2. The Bertz CT molecular complexity index is 562. The van der Waals surface area contributed by atoms with Gasteiger partial charge in [-0.25, -0.2) is 13.1 Å². The molecule has 0 spiro atoms. The van der Waals surface area contributed by atoms with Crippen LogP contribution in [-0.4, -0.2) is 49.0 Å². The minimum atomic E-state index is -3.63. The van der Waals surface area contributed by atoms with E-state index in [1.54, 1.807) is 4.68 Å². The van der Waals surface area contributed by atoms with Gasteiger partial charge in [-0.3, -0.25) is 9.48 Å². The Hall–Kier alpha value is -1.45. The number of aromatic nitrogens is 2. The van der Waals surface area contributed by atoms with Gasteiger partial charge in [0, 0.05) is 25.8 Å². The molecule has 0 aliphatic carbocycles. The number of nitrogens with zero attached hydrogens (tertiary/aromatic N) is 2. The van der Waals surface area contributed by atoms with Gasteiger partial charge in [0.1, 0.15) is 4.90 Å². The fraction of sp³-hybridized carbons (Fsp3) is 0.636. The number of carboxylic acids is 1. The van der Waals surface area contributed by atoms with Gasteiger partial charge >= 0.3 is 5.97 Å². The highest BCUT2D eigenvalue weighted by atomic mass is 32.2. The SMILES string of the molecule is O=C(O)CCCNS(=O)(=O)c1cnn(C2CCOC2)c1. The Kier molecular flexibility index (Phi) is 4.73. The minimum absolute atomic E-state index is 0.0683. The Morgan fingerprint density at radius 1 is 1.60 bits per heavy atom. The molecule has 9 heteroatoms. The molecule has 1 aromatic rings. The second kappa shape index (κ2) is 6.33. The van der Waals surface area contributed by atoms with Crippen LogP contribution < -0.4 is 4.72 Å². The summed E-state index contributed by atoms with van der Waals surface area (Å²) < 4.78 is 33.1. The number of sulfonamides is 1. The first-order valence-corrected chi connectivity index (χ1v) is 7.81. The molecule has 8 nitrogen and oxygen atoms in total. The zero-order chi connectivity index (χ0) is 14.6. The van der Waals surface area contributed by atoms with Crippen LogP contribution in [0.5, 0.6) is 0 Å². The van der Waals surface area contributed by atoms with Crippen LogP contribution in [-0.2, 0) is 19.6 Å². The Balaban J connectivity index is 1.93. The van der Waals surface area contributed by atoms with Gasteiger partial charge in [0.2, 0.25) is 10.0 Å². The van der Waals surface area contributed by atoms with Crippen LogP contribution in [0.1, 0.15) is 25.3 Å². The van der Waals surface area contributed by atoms with Crippen molar-refractivity contribution in [3.05, 3.63) is 12.4 Å². The summed E-state index contributed by atoms with van der Waals surface area (Å²) in [6, 6.07) is 0.0750. The van der Waals surface area contributed by atoms with Crippen LogP contribution in [0.15, 0.2) is 17.3 Å². The summed E-state index contributed by atoms with van der Waals surface area (Å²) in [5.41, 5.74) is 0. The maximum absolute atomic E-state index is 12.0. The summed E-state index contributed by atoms with van der Waals surface area (Å²) in [6.07, 6.45) is 3.75. The van der Waals surface area contributed by atoms with Crippen molar-refractivity contribution in [2.75, 3.05) is 19.8 Å². The second-order valence-electron chi connectivity index (χ2n) is 4.57. The fourth-order valence-corrected chi connectivity index (χ4v) is 2.93. The molecule has 0 bridgehead atoms. The summed E-state index contributed by atoms with van der Waals surface area (Å²) in [4.78, 5) is 10.4. The van der Waals surface area contributed by atoms with Gasteiger partial charge in [-0.15, -0.1) is 0 Å². The minimum Gasteiger partial charge on any atom is -0.481 e. The van der Waals surface area contributed by atoms with E-state index in [0.717, 1.165) is 6.42 Å². The highest BCUT2D eigenvalue weighted by Crippen LogP contribution is 2.19. The highest BCUT2D eigenvalue weighted by molar-refractivity contribution is 7.89. The lowest BCUT2D eigenvalue weighted by atomic mass is 10.3. The maximum atomic E-state index is 12.0. The molecule has 20 heavy (non-hydrogen) atoms. The lowest BCUT2D eigenvalue weighted by Crippen LogP contribution is -2.25. The van der Waals surface area contributed by atoms with Gasteiger partial charge < -0.3 is 9.84 Å². The van der Waals surface area contributed by atoms with Crippen molar-refractivity contribution in [2.24, 2.45) is 0 Å². The van der Waals surface area contributed by atoms with Crippen molar-refractivity contribution >= 4 is 16.0 Å². The molecule has 1 fully saturated rings. The zero-order valence-electron chi connectivity index (χ0n) is 10.9. The number of rotatable bonds is 7. The number of hydrogen-bond acceptors (Lipinski definition) is 5. The monoisotopic (exact) mass is 303 g/mol. The van der Waals surface area contributed by atoms with Crippen LogP contribution in [0.3, 0.4) is 0 Å². The Labute approximate surface area is 116 Å². The van der Waals surface area contributed by atoms with Gasteiger partial charge in [-0.2, -0.15) is 5.10 Å². The molecule has 2 N–H and O–H groups in total. The van der Waals surface area contributed by atoms with E-state index >= 15 is 0 Å². The number of carbonyl (C=O) groups is 1. The molecule has 0 amide bonds.